The summed E-state index contributed by atoms with van der Waals surface area (Å²) in [6.07, 6.45) is 1.79. The van der Waals surface area contributed by atoms with Crippen molar-refractivity contribution >= 4 is 16.6 Å². The fraction of sp³-hybridized carbons (Fsp3) is 0.0714. The lowest BCUT2D eigenvalue weighted by Crippen LogP contribution is -2.01. The maximum absolute atomic E-state index is 12.8. The SMILES string of the molecule is Nc1ccc2c(cnn2Cc2ccc(F)cc2)c1. The first-order valence-corrected chi connectivity index (χ1v) is 5.68. The van der Waals surface area contributed by atoms with Crippen LogP contribution in [0.5, 0.6) is 0 Å². The van der Waals surface area contributed by atoms with Crippen LogP contribution in [0.2, 0.25) is 0 Å². The number of aromatic nitrogens is 2. The Morgan fingerprint density at radius 2 is 1.89 bits per heavy atom. The summed E-state index contributed by atoms with van der Waals surface area (Å²) in [6.45, 7) is 0.619. The van der Waals surface area contributed by atoms with Crippen LogP contribution in [-0.4, -0.2) is 9.78 Å². The lowest BCUT2D eigenvalue weighted by atomic mass is 10.2. The van der Waals surface area contributed by atoms with Crippen LogP contribution >= 0.6 is 0 Å². The van der Waals surface area contributed by atoms with Crippen LogP contribution < -0.4 is 5.73 Å². The summed E-state index contributed by atoms with van der Waals surface area (Å²) in [4.78, 5) is 0. The molecule has 0 spiro atoms. The molecule has 0 saturated heterocycles. The number of fused-ring (bicyclic) bond motifs is 1. The molecular formula is C14H12FN3. The molecule has 2 N–H and O–H groups in total. The van der Waals surface area contributed by atoms with Gasteiger partial charge in [0.25, 0.3) is 0 Å². The van der Waals surface area contributed by atoms with Gasteiger partial charge in [-0.05, 0) is 35.9 Å². The van der Waals surface area contributed by atoms with E-state index in [4.69, 9.17) is 5.73 Å². The van der Waals surface area contributed by atoms with E-state index in [0.29, 0.717) is 6.54 Å². The van der Waals surface area contributed by atoms with Gasteiger partial charge in [-0.1, -0.05) is 12.1 Å². The Hall–Kier alpha value is -2.36. The molecule has 0 saturated carbocycles. The highest BCUT2D eigenvalue weighted by molar-refractivity contribution is 5.81. The van der Waals surface area contributed by atoms with Gasteiger partial charge in [0.15, 0.2) is 0 Å². The highest BCUT2D eigenvalue weighted by Crippen LogP contribution is 2.18. The molecule has 0 fully saturated rings. The maximum Gasteiger partial charge on any atom is 0.123 e. The van der Waals surface area contributed by atoms with Crippen LogP contribution in [0, 0.1) is 5.82 Å². The van der Waals surface area contributed by atoms with E-state index in [0.717, 1.165) is 22.2 Å². The fourth-order valence-corrected chi connectivity index (χ4v) is 1.99. The average molecular weight is 241 g/mol. The quantitative estimate of drug-likeness (QED) is 0.701. The van der Waals surface area contributed by atoms with Gasteiger partial charge in [-0.15, -0.1) is 0 Å². The molecule has 0 amide bonds. The molecule has 3 nitrogen and oxygen atoms in total. The first-order valence-electron chi connectivity index (χ1n) is 5.68. The lowest BCUT2D eigenvalue weighted by molar-refractivity contribution is 0.625. The number of nitrogens with two attached hydrogens (primary N) is 1. The molecule has 2 aromatic carbocycles. The van der Waals surface area contributed by atoms with E-state index < -0.39 is 0 Å². The van der Waals surface area contributed by atoms with Gasteiger partial charge in [-0.25, -0.2) is 4.39 Å². The van der Waals surface area contributed by atoms with Crippen LogP contribution in [0.3, 0.4) is 0 Å². The number of anilines is 1. The van der Waals surface area contributed by atoms with Gasteiger partial charge in [0, 0.05) is 11.1 Å². The fourth-order valence-electron chi connectivity index (χ4n) is 1.99. The number of halogens is 1. The molecule has 4 heteroatoms. The van der Waals surface area contributed by atoms with Crippen LogP contribution in [0.4, 0.5) is 10.1 Å². The Bertz CT molecular complexity index is 686. The number of nitrogens with zero attached hydrogens (tertiary/aromatic N) is 2. The molecule has 0 radical (unpaired) electrons. The molecule has 1 heterocycles. The molecule has 1 aromatic heterocycles. The molecule has 0 aliphatic rings. The van der Waals surface area contributed by atoms with Crippen LogP contribution in [0.15, 0.2) is 48.7 Å². The highest BCUT2D eigenvalue weighted by atomic mass is 19.1. The molecular weight excluding hydrogens is 229 g/mol. The Balaban J connectivity index is 1.97. The number of benzene rings is 2. The molecule has 0 bridgehead atoms. The summed E-state index contributed by atoms with van der Waals surface area (Å²) in [5.41, 5.74) is 8.48. The molecule has 0 aliphatic carbocycles. The minimum absolute atomic E-state index is 0.225. The van der Waals surface area contributed by atoms with Gasteiger partial charge >= 0.3 is 0 Å². The predicted octanol–water partition coefficient (Wildman–Crippen LogP) is 2.81. The summed E-state index contributed by atoms with van der Waals surface area (Å²) in [7, 11) is 0. The summed E-state index contributed by atoms with van der Waals surface area (Å²) in [5, 5.41) is 5.33. The van der Waals surface area contributed by atoms with Crippen LogP contribution in [-0.2, 0) is 6.54 Å². The normalized spacial score (nSPS) is 10.9. The predicted molar refractivity (Wildman–Crippen MR) is 69.6 cm³/mol. The van der Waals surface area contributed by atoms with Crippen LogP contribution in [0.1, 0.15) is 5.56 Å². The van der Waals surface area contributed by atoms with Crippen molar-refractivity contribution in [3.05, 3.63) is 60.0 Å². The van der Waals surface area contributed by atoms with E-state index in [-0.39, 0.29) is 5.82 Å². The zero-order valence-electron chi connectivity index (χ0n) is 9.68. The summed E-state index contributed by atoms with van der Waals surface area (Å²) in [6, 6.07) is 12.1. The summed E-state index contributed by atoms with van der Waals surface area (Å²) < 4.78 is 14.7. The third-order valence-electron chi connectivity index (χ3n) is 2.91. The summed E-state index contributed by atoms with van der Waals surface area (Å²) in [5.74, 6) is -0.225. The molecule has 90 valence electrons. The van der Waals surface area contributed by atoms with Gasteiger partial charge in [0.05, 0.1) is 18.3 Å². The smallest absolute Gasteiger partial charge is 0.123 e. The maximum atomic E-state index is 12.8. The number of hydrogen-bond donors (Lipinski definition) is 1. The first kappa shape index (κ1) is 10.8. The first-order chi connectivity index (χ1) is 8.72. The van der Waals surface area contributed by atoms with E-state index in [1.54, 1.807) is 18.3 Å². The van der Waals surface area contributed by atoms with Gasteiger partial charge in [0.2, 0.25) is 0 Å². The van der Waals surface area contributed by atoms with Crippen LogP contribution in [0.25, 0.3) is 10.9 Å². The van der Waals surface area contributed by atoms with Crippen molar-refractivity contribution in [3.63, 3.8) is 0 Å². The third-order valence-corrected chi connectivity index (χ3v) is 2.91. The molecule has 0 unspecified atom stereocenters. The lowest BCUT2D eigenvalue weighted by Gasteiger charge is -2.04. The van der Waals surface area contributed by atoms with E-state index >= 15 is 0 Å². The van der Waals surface area contributed by atoms with Crippen molar-refractivity contribution < 1.29 is 4.39 Å². The summed E-state index contributed by atoms with van der Waals surface area (Å²) >= 11 is 0. The molecule has 18 heavy (non-hydrogen) atoms. The standard InChI is InChI=1S/C14H12FN3/c15-12-3-1-10(2-4-12)9-18-14-6-5-13(16)7-11(14)8-17-18/h1-8H,9,16H2. The molecule has 0 aliphatic heterocycles. The van der Waals surface area contributed by atoms with E-state index in [2.05, 4.69) is 5.10 Å². The second-order valence-electron chi connectivity index (χ2n) is 4.25. The highest BCUT2D eigenvalue weighted by Gasteiger charge is 2.03. The molecule has 0 atom stereocenters. The van der Waals surface area contributed by atoms with Crippen molar-refractivity contribution in [2.75, 3.05) is 5.73 Å². The van der Waals surface area contributed by atoms with E-state index in [1.165, 1.54) is 12.1 Å². The second kappa shape index (κ2) is 4.14. The van der Waals surface area contributed by atoms with Gasteiger partial charge in [-0.2, -0.15) is 5.10 Å². The van der Waals surface area contributed by atoms with Crippen molar-refractivity contribution in [2.24, 2.45) is 0 Å². The van der Waals surface area contributed by atoms with E-state index in [9.17, 15) is 4.39 Å². The Morgan fingerprint density at radius 3 is 2.67 bits per heavy atom. The number of rotatable bonds is 2. The minimum Gasteiger partial charge on any atom is -0.399 e. The topological polar surface area (TPSA) is 43.8 Å². The van der Waals surface area contributed by atoms with E-state index in [1.807, 2.05) is 22.9 Å². The minimum atomic E-state index is -0.225. The Morgan fingerprint density at radius 1 is 1.11 bits per heavy atom. The third kappa shape index (κ3) is 1.93. The Kier molecular flexibility index (Phi) is 2.48. The molecule has 3 aromatic rings. The van der Waals surface area contributed by atoms with Gasteiger partial charge < -0.3 is 5.73 Å². The van der Waals surface area contributed by atoms with Gasteiger partial charge in [0.1, 0.15) is 5.82 Å². The number of nitrogen functional groups attached to an aromatic ring is 1. The monoisotopic (exact) mass is 241 g/mol. The Labute approximate surface area is 104 Å². The average Bonchev–Trinajstić information content (AvgIpc) is 2.74. The van der Waals surface area contributed by atoms with Crippen molar-refractivity contribution in [3.8, 4) is 0 Å². The second-order valence-corrected chi connectivity index (χ2v) is 4.25. The number of hydrogen-bond acceptors (Lipinski definition) is 2. The zero-order chi connectivity index (χ0) is 12.5. The van der Waals surface area contributed by atoms with Gasteiger partial charge in [-0.3, -0.25) is 4.68 Å². The molecule has 3 rings (SSSR count). The largest absolute Gasteiger partial charge is 0.399 e. The van der Waals surface area contributed by atoms with Crippen molar-refractivity contribution in [1.29, 1.82) is 0 Å². The van der Waals surface area contributed by atoms with Crippen molar-refractivity contribution in [2.45, 2.75) is 6.54 Å². The zero-order valence-corrected chi connectivity index (χ0v) is 9.68. The van der Waals surface area contributed by atoms with Crippen molar-refractivity contribution in [1.82, 2.24) is 9.78 Å².